The molecule has 3 rings (SSSR count). The van der Waals surface area contributed by atoms with E-state index in [1.807, 2.05) is 6.92 Å². The van der Waals surface area contributed by atoms with E-state index in [2.05, 4.69) is 11.8 Å². The molecule has 3 aliphatic heterocycles. The predicted octanol–water partition coefficient (Wildman–Crippen LogP) is 2.06. The third-order valence-electron chi connectivity index (χ3n) is 4.09. The Kier molecular flexibility index (Phi) is 3.85. The Hall–Kier alpha value is -0.570. The second-order valence-electron chi connectivity index (χ2n) is 5.08. The molecular weight excluding hydrogens is 202 g/mol. The summed E-state index contributed by atoms with van der Waals surface area (Å²) in [6, 6.07) is 0.731. The van der Waals surface area contributed by atoms with E-state index in [-0.39, 0.29) is 11.9 Å². The molecule has 0 aliphatic carbocycles. The molecule has 2 bridgehead atoms. The van der Waals surface area contributed by atoms with Gasteiger partial charge in [-0.25, -0.2) is 0 Å². The quantitative estimate of drug-likeness (QED) is 0.686. The van der Waals surface area contributed by atoms with Gasteiger partial charge in [-0.1, -0.05) is 13.3 Å². The Morgan fingerprint density at radius 1 is 1.44 bits per heavy atom. The lowest BCUT2D eigenvalue weighted by atomic mass is 9.75. The minimum Gasteiger partial charge on any atom is -0.466 e. The van der Waals surface area contributed by atoms with Crippen LogP contribution in [0.1, 0.15) is 39.5 Å². The summed E-state index contributed by atoms with van der Waals surface area (Å²) >= 11 is 0. The van der Waals surface area contributed by atoms with Crippen LogP contribution in [0.5, 0.6) is 0 Å². The fourth-order valence-electron chi connectivity index (χ4n) is 3.29. The summed E-state index contributed by atoms with van der Waals surface area (Å²) in [5.74, 6) is 0.773. The number of carbonyl (C=O) groups is 1. The molecule has 0 amide bonds. The number of ether oxygens (including phenoxy) is 1. The van der Waals surface area contributed by atoms with Crippen molar-refractivity contribution in [3.05, 3.63) is 0 Å². The molecule has 0 aromatic rings. The van der Waals surface area contributed by atoms with Crippen LogP contribution in [0.3, 0.4) is 0 Å². The highest BCUT2D eigenvalue weighted by molar-refractivity contribution is 5.73. The largest absolute Gasteiger partial charge is 0.466 e. The normalized spacial score (nSPS) is 37.4. The van der Waals surface area contributed by atoms with E-state index >= 15 is 0 Å². The maximum atomic E-state index is 11.8. The van der Waals surface area contributed by atoms with Crippen molar-refractivity contribution in [3.63, 3.8) is 0 Å². The Morgan fingerprint density at radius 2 is 2.25 bits per heavy atom. The summed E-state index contributed by atoms with van der Waals surface area (Å²) in [5.41, 5.74) is 0. The number of fused-ring (bicyclic) bond motifs is 3. The van der Waals surface area contributed by atoms with Crippen molar-refractivity contribution in [1.82, 2.24) is 4.90 Å². The lowest BCUT2D eigenvalue weighted by Gasteiger charge is -2.49. The first-order chi connectivity index (χ1) is 7.76. The van der Waals surface area contributed by atoms with Gasteiger partial charge in [-0.2, -0.15) is 0 Å². The molecule has 0 radical (unpaired) electrons. The third kappa shape index (κ3) is 2.24. The molecule has 4 atom stereocenters. The van der Waals surface area contributed by atoms with Crippen molar-refractivity contribution >= 4 is 5.97 Å². The molecule has 3 fully saturated rings. The van der Waals surface area contributed by atoms with Gasteiger partial charge in [0.2, 0.25) is 0 Å². The summed E-state index contributed by atoms with van der Waals surface area (Å²) in [7, 11) is 0. The van der Waals surface area contributed by atoms with E-state index < -0.39 is 0 Å². The molecule has 3 heterocycles. The van der Waals surface area contributed by atoms with Gasteiger partial charge in [-0.15, -0.1) is 0 Å². The van der Waals surface area contributed by atoms with E-state index in [0.29, 0.717) is 12.5 Å². The number of hydrogen-bond donors (Lipinski definition) is 0. The first kappa shape index (κ1) is 11.9. The van der Waals surface area contributed by atoms with Crippen LogP contribution in [0.15, 0.2) is 0 Å². The highest BCUT2D eigenvalue weighted by Gasteiger charge is 2.43. The average molecular weight is 225 g/mol. The van der Waals surface area contributed by atoms with E-state index in [4.69, 9.17) is 4.74 Å². The summed E-state index contributed by atoms with van der Waals surface area (Å²) < 4.78 is 5.16. The van der Waals surface area contributed by atoms with Crippen LogP contribution in [0.4, 0.5) is 0 Å². The molecular formula is C13H23NO2. The highest BCUT2D eigenvalue weighted by atomic mass is 16.5. The highest BCUT2D eigenvalue weighted by Crippen LogP contribution is 2.38. The number of carbonyl (C=O) groups excluding carboxylic acids is 1. The molecule has 16 heavy (non-hydrogen) atoms. The lowest BCUT2D eigenvalue weighted by molar-refractivity contribution is -0.156. The van der Waals surface area contributed by atoms with Gasteiger partial charge in [-0.05, 0) is 38.6 Å². The fourth-order valence-corrected chi connectivity index (χ4v) is 3.29. The van der Waals surface area contributed by atoms with Gasteiger partial charge >= 0.3 is 5.97 Å². The molecule has 3 saturated heterocycles. The van der Waals surface area contributed by atoms with Crippen LogP contribution in [0.2, 0.25) is 0 Å². The second kappa shape index (κ2) is 5.17. The first-order valence-corrected chi connectivity index (χ1v) is 6.67. The van der Waals surface area contributed by atoms with Crippen molar-refractivity contribution in [1.29, 1.82) is 0 Å². The van der Waals surface area contributed by atoms with Gasteiger partial charge in [0.05, 0.1) is 12.5 Å². The Bertz CT molecular complexity index is 254. The molecule has 3 nitrogen and oxygen atoms in total. The molecule has 3 heteroatoms. The standard InChI is InChI=1S/C13H23NO2/c1-3-5-11-8-10-6-7-14(11)9-12(10)13(15)16-4-2/h10-12H,3-9H2,1-2H3. The monoisotopic (exact) mass is 225 g/mol. The van der Waals surface area contributed by atoms with Crippen molar-refractivity contribution in [2.45, 2.75) is 45.6 Å². The number of nitrogens with zero attached hydrogens (tertiary/aromatic N) is 1. The zero-order valence-electron chi connectivity index (χ0n) is 10.4. The van der Waals surface area contributed by atoms with Crippen molar-refractivity contribution in [2.24, 2.45) is 11.8 Å². The summed E-state index contributed by atoms with van der Waals surface area (Å²) in [6.45, 7) is 6.77. The number of rotatable bonds is 4. The maximum Gasteiger partial charge on any atom is 0.310 e. The Morgan fingerprint density at radius 3 is 2.81 bits per heavy atom. The first-order valence-electron chi connectivity index (χ1n) is 6.67. The van der Waals surface area contributed by atoms with Gasteiger partial charge in [0.15, 0.2) is 0 Å². The fraction of sp³-hybridized carbons (Fsp3) is 0.923. The molecule has 92 valence electrons. The molecule has 0 aromatic carbocycles. The average Bonchev–Trinajstić information content (AvgIpc) is 2.30. The second-order valence-corrected chi connectivity index (χ2v) is 5.08. The SMILES string of the molecule is CCCC1CC2CCN1CC2C(=O)OCC. The molecule has 0 spiro atoms. The topological polar surface area (TPSA) is 29.5 Å². The van der Waals surface area contributed by atoms with E-state index in [0.717, 1.165) is 12.6 Å². The molecule has 4 unspecified atom stereocenters. The summed E-state index contributed by atoms with van der Waals surface area (Å²) in [5, 5.41) is 0. The van der Waals surface area contributed by atoms with E-state index in [9.17, 15) is 4.79 Å². The van der Waals surface area contributed by atoms with Crippen LogP contribution >= 0.6 is 0 Å². The Labute approximate surface area is 98.1 Å². The molecule has 0 saturated carbocycles. The Balaban J connectivity index is 1.95. The zero-order chi connectivity index (χ0) is 11.5. The molecule has 0 aromatic heterocycles. The van der Waals surface area contributed by atoms with E-state index in [1.54, 1.807) is 0 Å². The van der Waals surface area contributed by atoms with Crippen molar-refractivity contribution in [2.75, 3.05) is 19.7 Å². The lowest BCUT2D eigenvalue weighted by Crippen LogP contribution is -2.55. The van der Waals surface area contributed by atoms with Crippen molar-refractivity contribution < 1.29 is 9.53 Å². The number of hydrogen-bond acceptors (Lipinski definition) is 3. The van der Waals surface area contributed by atoms with Crippen LogP contribution < -0.4 is 0 Å². The van der Waals surface area contributed by atoms with Gasteiger partial charge in [0.1, 0.15) is 0 Å². The number of esters is 1. The summed E-state index contributed by atoms with van der Waals surface area (Å²) in [4.78, 5) is 14.3. The third-order valence-corrected chi connectivity index (χ3v) is 4.09. The summed E-state index contributed by atoms with van der Waals surface area (Å²) in [6.07, 6.45) is 4.92. The van der Waals surface area contributed by atoms with Crippen LogP contribution in [-0.2, 0) is 9.53 Å². The minimum atomic E-state index is 0.0344. The predicted molar refractivity (Wildman–Crippen MR) is 63.1 cm³/mol. The van der Waals surface area contributed by atoms with Crippen LogP contribution in [0, 0.1) is 11.8 Å². The minimum absolute atomic E-state index is 0.0344. The number of piperidine rings is 3. The van der Waals surface area contributed by atoms with Crippen molar-refractivity contribution in [3.8, 4) is 0 Å². The van der Waals surface area contributed by atoms with Gasteiger partial charge in [0.25, 0.3) is 0 Å². The van der Waals surface area contributed by atoms with Crippen LogP contribution in [0.25, 0.3) is 0 Å². The maximum absolute atomic E-state index is 11.8. The molecule has 0 N–H and O–H groups in total. The smallest absolute Gasteiger partial charge is 0.310 e. The van der Waals surface area contributed by atoms with E-state index in [1.165, 1.54) is 32.2 Å². The van der Waals surface area contributed by atoms with Gasteiger partial charge < -0.3 is 4.74 Å². The zero-order valence-corrected chi connectivity index (χ0v) is 10.4. The van der Waals surface area contributed by atoms with Crippen LogP contribution in [-0.4, -0.2) is 36.6 Å². The van der Waals surface area contributed by atoms with Gasteiger partial charge in [0, 0.05) is 12.6 Å². The molecule has 3 aliphatic rings. The van der Waals surface area contributed by atoms with Gasteiger partial charge in [-0.3, -0.25) is 9.69 Å².